The first-order valence-electron chi connectivity index (χ1n) is 12.2. The van der Waals surface area contributed by atoms with E-state index in [1.807, 2.05) is 12.1 Å². The maximum atomic E-state index is 14.0. The average molecular weight is 480 g/mol. The average Bonchev–Trinajstić information content (AvgIpc) is 2.82. The molecule has 0 bridgehead atoms. The maximum Gasteiger partial charge on any atom is 0.131 e. The second-order valence-electron chi connectivity index (χ2n) is 9.41. The van der Waals surface area contributed by atoms with Gasteiger partial charge in [-0.25, -0.2) is 4.39 Å². The van der Waals surface area contributed by atoms with Crippen molar-refractivity contribution in [2.75, 3.05) is 26.2 Å². The number of benzene rings is 2. The van der Waals surface area contributed by atoms with Crippen LogP contribution in [-0.2, 0) is 11.3 Å². The first kappa shape index (κ1) is 23.3. The Morgan fingerprint density at radius 1 is 1.09 bits per heavy atom. The van der Waals surface area contributed by atoms with Gasteiger partial charge in [-0.2, -0.15) is 0 Å². The fourth-order valence-electron chi connectivity index (χ4n) is 4.95. The van der Waals surface area contributed by atoms with Gasteiger partial charge in [0.1, 0.15) is 18.2 Å². The molecule has 1 aliphatic carbocycles. The second-order valence-corrected chi connectivity index (χ2v) is 9.84. The van der Waals surface area contributed by atoms with Crippen LogP contribution in [0.2, 0.25) is 5.02 Å². The van der Waals surface area contributed by atoms with Crippen molar-refractivity contribution in [3.8, 4) is 5.75 Å². The minimum atomic E-state index is -0.343. The van der Waals surface area contributed by atoms with Gasteiger partial charge in [-0.15, -0.1) is 0 Å². The number of allylic oxidation sites excluding steroid dienone is 3. The smallest absolute Gasteiger partial charge is 0.131 e. The van der Waals surface area contributed by atoms with Crippen LogP contribution in [0.4, 0.5) is 4.39 Å². The standard InChI is InChI=1S/C29H31ClFNO2/c30-26-9-8-25(29(31)18-26)20-34-27-7-3-6-22(16-27)21-10-13-32(14-11-21)19-24-5-2-1-4-23(24)17-28-12-15-33-28/h1-10,16,18,23-24,28H,11-15,17,19-20H2/t23-,24?,28?/m1/s1. The van der Waals surface area contributed by atoms with Crippen LogP contribution in [0, 0.1) is 17.7 Å². The molecule has 0 radical (unpaired) electrons. The Kier molecular flexibility index (Phi) is 7.48. The van der Waals surface area contributed by atoms with E-state index < -0.39 is 0 Å². The van der Waals surface area contributed by atoms with Crippen LogP contribution in [-0.4, -0.2) is 37.2 Å². The lowest BCUT2D eigenvalue weighted by Gasteiger charge is -2.36. The number of nitrogens with zero attached hydrogens (tertiary/aromatic N) is 1. The minimum absolute atomic E-state index is 0.176. The Hall–Kier alpha value is -2.40. The zero-order valence-corrected chi connectivity index (χ0v) is 20.1. The van der Waals surface area contributed by atoms with Crippen molar-refractivity contribution >= 4 is 17.2 Å². The van der Waals surface area contributed by atoms with Gasteiger partial charge in [-0.3, -0.25) is 4.90 Å². The quantitative estimate of drug-likeness (QED) is 0.421. The first-order valence-corrected chi connectivity index (χ1v) is 12.6. The number of hydrogen-bond donors (Lipinski definition) is 0. The van der Waals surface area contributed by atoms with Crippen LogP contribution in [0.1, 0.15) is 30.4 Å². The van der Waals surface area contributed by atoms with Gasteiger partial charge >= 0.3 is 0 Å². The van der Waals surface area contributed by atoms with E-state index in [4.69, 9.17) is 21.1 Å². The molecule has 3 atom stereocenters. The van der Waals surface area contributed by atoms with Crippen LogP contribution in [0.3, 0.4) is 0 Å². The van der Waals surface area contributed by atoms with Gasteiger partial charge in [0, 0.05) is 36.8 Å². The summed E-state index contributed by atoms with van der Waals surface area (Å²) in [7, 11) is 0. The number of hydrogen-bond acceptors (Lipinski definition) is 3. The third-order valence-corrected chi connectivity index (χ3v) is 7.32. The Labute approximate surface area is 206 Å². The third-order valence-electron chi connectivity index (χ3n) is 7.08. The Bertz CT molecular complexity index is 1090. The Morgan fingerprint density at radius 2 is 1.94 bits per heavy atom. The molecular formula is C29H31ClFNO2. The van der Waals surface area contributed by atoms with E-state index in [-0.39, 0.29) is 12.4 Å². The monoisotopic (exact) mass is 479 g/mol. The molecule has 3 nitrogen and oxygen atoms in total. The first-order chi connectivity index (χ1) is 16.6. The Morgan fingerprint density at radius 3 is 2.68 bits per heavy atom. The second kappa shape index (κ2) is 10.9. The molecule has 2 heterocycles. The van der Waals surface area contributed by atoms with Gasteiger partial charge < -0.3 is 9.47 Å². The van der Waals surface area contributed by atoms with E-state index in [0.717, 1.165) is 44.8 Å². The molecule has 0 spiro atoms. The van der Waals surface area contributed by atoms with Crippen LogP contribution in [0.25, 0.3) is 5.57 Å². The molecule has 3 aliphatic rings. The summed E-state index contributed by atoms with van der Waals surface area (Å²) < 4.78 is 25.6. The number of ether oxygens (including phenoxy) is 2. The lowest BCUT2D eigenvalue weighted by Crippen LogP contribution is -2.37. The molecule has 2 aromatic rings. The lowest BCUT2D eigenvalue weighted by molar-refractivity contribution is -0.0627. The summed E-state index contributed by atoms with van der Waals surface area (Å²) in [6.07, 6.45) is 15.2. The zero-order valence-electron chi connectivity index (χ0n) is 19.3. The van der Waals surface area contributed by atoms with E-state index in [0.29, 0.717) is 28.5 Å². The minimum Gasteiger partial charge on any atom is -0.489 e. The highest BCUT2D eigenvalue weighted by molar-refractivity contribution is 6.30. The fraction of sp³-hybridized carbons (Fsp3) is 0.379. The summed E-state index contributed by atoms with van der Waals surface area (Å²) in [5.41, 5.74) is 3.02. The molecule has 178 valence electrons. The van der Waals surface area contributed by atoms with Crippen LogP contribution < -0.4 is 4.74 Å². The molecule has 1 fully saturated rings. The fourth-order valence-corrected chi connectivity index (χ4v) is 5.10. The van der Waals surface area contributed by atoms with Crippen LogP contribution in [0.5, 0.6) is 5.75 Å². The summed E-state index contributed by atoms with van der Waals surface area (Å²) in [4.78, 5) is 2.55. The van der Waals surface area contributed by atoms with Gasteiger partial charge in [0.15, 0.2) is 0 Å². The van der Waals surface area contributed by atoms with Crippen molar-refractivity contribution in [2.45, 2.75) is 32.0 Å². The predicted octanol–water partition coefficient (Wildman–Crippen LogP) is 6.68. The normalized spacial score (nSPS) is 24.5. The molecule has 5 rings (SSSR count). The highest BCUT2D eigenvalue weighted by atomic mass is 35.5. The third kappa shape index (κ3) is 5.80. The maximum absolute atomic E-state index is 14.0. The summed E-state index contributed by atoms with van der Waals surface area (Å²) in [6, 6.07) is 12.8. The number of halogens is 2. The van der Waals surface area contributed by atoms with Crippen molar-refractivity contribution in [1.82, 2.24) is 4.90 Å². The molecule has 2 aromatic carbocycles. The molecule has 0 aromatic heterocycles. The van der Waals surface area contributed by atoms with E-state index in [9.17, 15) is 4.39 Å². The molecule has 2 aliphatic heterocycles. The van der Waals surface area contributed by atoms with E-state index in [2.05, 4.69) is 47.4 Å². The molecule has 34 heavy (non-hydrogen) atoms. The van der Waals surface area contributed by atoms with E-state index >= 15 is 0 Å². The molecule has 1 saturated heterocycles. The highest BCUT2D eigenvalue weighted by Crippen LogP contribution is 2.31. The van der Waals surface area contributed by atoms with Crippen molar-refractivity contribution in [3.05, 3.63) is 94.8 Å². The summed E-state index contributed by atoms with van der Waals surface area (Å²) in [5, 5.41) is 0.389. The SMILES string of the molecule is Fc1cc(Cl)ccc1COc1cccc(C2=CCN(CC3C=CC=C[C@@H]3CC3CCO3)CC2)c1. The lowest BCUT2D eigenvalue weighted by atomic mass is 9.82. The van der Waals surface area contributed by atoms with Gasteiger partial charge in [0.25, 0.3) is 0 Å². The summed E-state index contributed by atoms with van der Waals surface area (Å²) in [5.74, 6) is 1.52. The summed E-state index contributed by atoms with van der Waals surface area (Å²) in [6.45, 7) is 4.18. The molecule has 0 amide bonds. The van der Waals surface area contributed by atoms with E-state index in [1.54, 1.807) is 12.1 Å². The zero-order chi connectivity index (χ0) is 23.3. The van der Waals surface area contributed by atoms with Crippen molar-refractivity contribution in [1.29, 1.82) is 0 Å². The summed E-state index contributed by atoms with van der Waals surface area (Å²) >= 11 is 5.84. The molecular weight excluding hydrogens is 449 g/mol. The van der Waals surface area contributed by atoms with Crippen molar-refractivity contribution < 1.29 is 13.9 Å². The van der Waals surface area contributed by atoms with Gasteiger partial charge in [-0.1, -0.05) is 60.2 Å². The van der Waals surface area contributed by atoms with Gasteiger partial charge in [0.2, 0.25) is 0 Å². The Balaban J connectivity index is 1.17. The topological polar surface area (TPSA) is 21.7 Å². The van der Waals surface area contributed by atoms with Crippen LogP contribution in [0.15, 0.2) is 72.8 Å². The van der Waals surface area contributed by atoms with E-state index in [1.165, 1.54) is 23.6 Å². The van der Waals surface area contributed by atoms with Gasteiger partial charge in [0.05, 0.1) is 6.10 Å². The largest absolute Gasteiger partial charge is 0.489 e. The molecule has 0 saturated carbocycles. The molecule has 0 N–H and O–H groups in total. The predicted molar refractivity (Wildman–Crippen MR) is 135 cm³/mol. The van der Waals surface area contributed by atoms with Crippen molar-refractivity contribution in [3.63, 3.8) is 0 Å². The highest BCUT2D eigenvalue weighted by Gasteiger charge is 2.28. The number of rotatable bonds is 8. The molecule has 2 unspecified atom stereocenters. The van der Waals surface area contributed by atoms with Gasteiger partial charge in [-0.05, 0) is 66.5 Å². The van der Waals surface area contributed by atoms with Crippen molar-refractivity contribution in [2.24, 2.45) is 11.8 Å². The van der Waals surface area contributed by atoms with Crippen LogP contribution >= 0.6 is 11.6 Å². The molecule has 5 heteroatoms.